The maximum Gasteiger partial charge on any atom is 0.417 e. The Balaban J connectivity index is 1.50. The van der Waals surface area contributed by atoms with E-state index in [4.69, 9.17) is 4.74 Å². The number of hydrogen-bond acceptors (Lipinski definition) is 4. The molecule has 0 aliphatic carbocycles. The summed E-state index contributed by atoms with van der Waals surface area (Å²) in [6, 6.07) is 2.63. The second-order valence-corrected chi connectivity index (χ2v) is 6.56. The molecule has 0 atom stereocenters. The summed E-state index contributed by atoms with van der Waals surface area (Å²) in [5, 5.41) is 3.09. The van der Waals surface area contributed by atoms with Gasteiger partial charge in [-0.1, -0.05) is 0 Å². The number of anilines is 1. The zero-order chi connectivity index (χ0) is 17.9. The lowest BCUT2D eigenvalue weighted by atomic mass is 9.95. The Morgan fingerprint density at radius 2 is 1.84 bits per heavy atom. The number of halogens is 3. The molecule has 2 aliphatic heterocycles. The van der Waals surface area contributed by atoms with Gasteiger partial charge in [0.1, 0.15) is 5.82 Å². The number of hydrogen-bond donors (Lipinski definition) is 1. The second kappa shape index (κ2) is 7.59. The molecule has 138 valence electrons. The molecule has 2 fully saturated rings. The van der Waals surface area contributed by atoms with Crippen molar-refractivity contribution in [1.29, 1.82) is 0 Å². The van der Waals surface area contributed by atoms with E-state index in [0.717, 1.165) is 25.1 Å². The van der Waals surface area contributed by atoms with Crippen LogP contribution >= 0.6 is 0 Å². The lowest BCUT2D eigenvalue weighted by Gasteiger charge is -2.33. The molecule has 1 aromatic rings. The van der Waals surface area contributed by atoms with Crippen molar-refractivity contribution < 1.29 is 22.7 Å². The number of aromatic nitrogens is 1. The lowest BCUT2D eigenvalue weighted by Crippen LogP contribution is -2.45. The van der Waals surface area contributed by atoms with Crippen LogP contribution in [-0.4, -0.2) is 43.2 Å². The number of alkyl halides is 3. The van der Waals surface area contributed by atoms with Gasteiger partial charge in [-0.15, -0.1) is 0 Å². The summed E-state index contributed by atoms with van der Waals surface area (Å²) in [5.74, 6) is 0.553. The third-order valence-electron chi connectivity index (χ3n) is 4.83. The SMILES string of the molecule is O=C(NC1CCOCC1)C1CCN(c2ccc(C(F)(F)F)cn2)CC1. The largest absolute Gasteiger partial charge is 0.417 e. The molecule has 0 aromatic carbocycles. The first-order valence-electron chi connectivity index (χ1n) is 8.60. The number of nitrogens with zero attached hydrogens (tertiary/aromatic N) is 2. The number of ether oxygens (including phenoxy) is 1. The highest BCUT2D eigenvalue weighted by Gasteiger charge is 2.31. The Bertz CT molecular complexity index is 578. The van der Waals surface area contributed by atoms with Crippen LogP contribution in [0.1, 0.15) is 31.2 Å². The van der Waals surface area contributed by atoms with Crippen LogP contribution < -0.4 is 10.2 Å². The maximum atomic E-state index is 12.6. The number of pyridine rings is 1. The van der Waals surface area contributed by atoms with E-state index in [0.29, 0.717) is 45.0 Å². The maximum absolute atomic E-state index is 12.6. The molecule has 1 N–H and O–H groups in total. The summed E-state index contributed by atoms with van der Waals surface area (Å²) in [7, 11) is 0. The normalized spacial score (nSPS) is 20.5. The Morgan fingerprint density at radius 3 is 2.40 bits per heavy atom. The van der Waals surface area contributed by atoms with Crippen molar-refractivity contribution in [2.24, 2.45) is 5.92 Å². The molecule has 8 heteroatoms. The molecular formula is C17H22F3N3O2. The average Bonchev–Trinajstić information content (AvgIpc) is 2.62. The molecule has 0 spiro atoms. The van der Waals surface area contributed by atoms with E-state index in [2.05, 4.69) is 10.3 Å². The highest BCUT2D eigenvalue weighted by atomic mass is 19.4. The quantitative estimate of drug-likeness (QED) is 0.904. The van der Waals surface area contributed by atoms with Crippen LogP contribution in [0.4, 0.5) is 19.0 Å². The van der Waals surface area contributed by atoms with Crippen LogP contribution in [-0.2, 0) is 15.7 Å². The van der Waals surface area contributed by atoms with Crippen molar-refractivity contribution in [2.45, 2.75) is 37.9 Å². The molecule has 0 radical (unpaired) electrons. The number of rotatable bonds is 3. The van der Waals surface area contributed by atoms with Gasteiger partial charge in [0.15, 0.2) is 0 Å². The Hall–Kier alpha value is -1.83. The molecular weight excluding hydrogens is 335 g/mol. The molecule has 0 unspecified atom stereocenters. The van der Waals surface area contributed by atoms with Crippen molar-refractivity contribution in [2.75, 3.05) is 31.2 Å². The zero-order valence-electron chi connectivity index (χ0n) is 13.9. The van der Waals surface area contributed by atoms with Gasteiger partial charge in [0, 0.05) is 44.5 Å². The number of carbonyl (C=O) groups excluding carboxylic acids is 1. The third kappa shape index (κ3) is 4.62. The number of amides is 1. The van der Waals surface area contributed by atoms with Gasteiger partial charge >= 0.3 is 6.18 Å². The Morgan fingerprint density at radius 1 is 1.16 bits per heavy atom. The number of carbonyl (C=O) groups is 1. The number of piperidine rings is 1. The standard InChI is InChI=1S/C17H22F3N3O2/c18-17(19,20)13-1-2-15(21-11-13)23-7-3-12(4-8-23)16(24)22-14-5-9-25-10-6-14/h1-2,11-12,14H,3-10H2,(H,22,24). The van der Waals surface area contributed by atoms with Crippen LogP contribution in [0.5, 0.6) is 0 Å². The van der Waals surface area contributed by atoms with Gasteiger partial charge in [0.05, 0.1) is 5.56 Å². The van der Waals surface area contributed by atoms with E-state index in [1.807, 2.05) is 4.90 Å². The molecule has 1 amide bonds. The van der Waals surface area contributed by atoms with E-state index in [9.17, 15) is 18.0 Å². The zero-order valence-corrected chi connectivity index (χ0v) is 13.9. The van der Waals surface area contributed by atoms with Crippen molar-refractivity contribution in [3.63, 3.8) is 0 Å². The van der Waals surface area contributed by atoms with Gasteiger partial charge in [-0.2, -0.15) is 13.2 Å². The highest BCUT2D eigenvalue weighted by molar-refractivity contribution is 5.79. The van der Waals surface area contributed by atoms with E-state index in [1.54, 1.807) is 0 Å². The summed E-state index contributed by atoms with van der Waals surface area (Å²) in [5.41, 5.74) is -0.748. The molecule has 5 nitrogen and oxygen atoms in total. The summed E-state index contributed by atoms with van der Waals surface area (Å²) in [6.07, 6.45) is -0.463. The van der Waals surface area contributed by atoms with E-state index >= 15 is 0 Å². The summed E-state index contributed by atoms with van der Waals surface area (Å²) >= 11 is 0. The fraction of sp³-hybridized carbons (Fsp3) is 0.647. The van der Waals surface area contributed by atoms with Gasteiger partial charge in [0.25, 0.3) is 0 Å². The third-order valence-corrected chi connectivity index (χ3v) is 4.83. The first-order chi connectivity index (χ1) is 11.9. The second-order valence-electron chi connectivity index (χ2n) is 6.56. The monoisotopic (exact) mass is 357 g/mol. The Labute approximate surface area is 144 Å². The molecule has 3 heterocycles. The number of nitrogens with one attached hydrogen (secondary N) is 1. The van der Waals surface area contributed by atoms with Crippen LogP contribution in [0.2, 0.25) is 0 Å². The fourth-order valence-corrected chi connectivity index (χ4v) is 3.27. The predicted octanol–water partition coefficient (Wildman–Crippen LogP) is 2.61. The van der Waals surface area contributed by atoms with E-state index in [-0.39, 0.29) is 17.9 Å². The smallest absolute Gasteiger partial charge is 0.381 e. The lowest BCUT2D eigenvalue weighted by molar-refractivity contribution is -0.137. The van der Waals surface area contributed by atoms with Gasteiger partial charge in [-0.25, -0.2) is 4.98 Å². The summed E-state index contributed by atoms with van der Waals surface area (Å²) in [4.78, 5) is 18.2. The van der Waals surface area contributed by atoms with Crippen LogP contribution in [0.3, 0.4) is 0 Å². The highest BCUT2D eigenvalue weighted by Crippen LogP contribution is 2.30. The topological polar surface area (TPSA) is 54.5 Å². The first-order valence-corrected chi connectivity index (χ1v) is 8.60. The molecule has 25 heavy (non-hydrogen) atoms. The van der Waals surface area contributed by atoms with Gasteiger partial charge in [0.2, 0.25) is 5.91 Å². The van der Waals surface area contributed by atoms with Crippen molar-refractivity contribution >= 4 is 11.7 Å². The van der Waals surface area contributed by atoms with Crippen molar-refractivity contribution in [3.05, 3.63) is 23.9 Å². The minimum atomic E-state index is -4.37. The van der Waals surface area contributed by atoms with E-state index < -0.39 is 11.7 Å². The molecule has 1 aromatic heterocycles. The van der Waals surface area contributed by atoms with Crippen molar-refractivity contribution in [1.82, 2.24) is 10.3 Å². The first kappa shape index (κ1) is 18.0. The van der Waals surface area contributed by atoms with Gasteiger partial charge in [-0.3, -0.25) is 4.79 Å². The minimum absolute atomic E-state index is 0.0476. The minimum Gasteiger partial charge on any atom is -0.381 e. The molecule has 2 saturated heterocycles. The summed E-state index contributed by atoms with van der Waals surface area (Å²) < 4.78 is 43.0. The van der Waals surface area contributed by atoms with Crippen LogP contribution in [0, 0.1) is 5.92 Å². The Kier molecular flexibility index (Phi) is 5.46. The molecule has 0 saturated carbocycles. The molecule has 3 rings (SSSR count). The van der Waals surface area contributed by atoms with E-state index in [1.165, 1.54) is 6.07 Å². The van der Waals surface area contributed by atoms with Gasteiger partial charge < -0.3 is 15.0 Å². The van der Waals surface area contributed by atoms with Gasteiger partial charge in [-0.05, 0) is 37.8 Å². The predicted molar refractivity (Wildman–Crippen MR) is 86.2 cm³/mol. The van der Waals surface area contributed by atoms with Crippen molar-refractivity contribution in [3.8, 4) is 0 Å². The molecule has 0 bridgehead atoms. The average molecular weight is 357 g/mol. The van der Waals surface area contributed by atoms with Crippen LogP contribution in [0.15, 0.2) is 18.3 Å². The fourth-order valence-electron chi connectivity index (χ4n) is 3.27. The van der Waals surface area contributed by atoms with Crippen LogP contribution in [0.25, 0.3) is 0 Å². The molecule has 2 aliphatic rings. The summed E-state index contributed by atoms with van der Waals surface area (Å²) in [6.45, 7) is 2.60.